The van der Waals surface area contributed by atoms with Crippen LogP contribution in [0.3, 0.4) is 0 Å². The SMILES string of the molecule is CN1CCCC(C)(C)C1CNC(=O)N1C[C@@H]2CCC[C@@]2(C(=O)O)C1. The van der Waals surface area contributed by atoms with Crippen molar-refractivity contribution in [3.63, 3.8) is 0 Å². The van der Waals surface area contributed by atoms with Crippen molar-refractivity contribution in [1.29, 1.82) is 0 Å². The third kappa shape index (κ3) is 2.89. The van der Waals surface area contributed by atoms with E-state index >= 15 is 0 Å². The highest BCUT2D eigenvalue weighted by molar-refractivity contribution is 5.80. The van der Waals surface area contributed by atoms with Gasteiger partial charge in [-0.25, -0.2) is 4.79 Å². The number of hydrogen-bond acceptors (Lipinski definition) is 3. The Hall–Kier alpha value is -1.30. The number of urea groups is 1. The Labute approximate surface area is 144 Å². The van der Waals surface area contributed by atoms with Crippen LogP contribution in [-0.4, -0.2) is 66.2 Å². The summed E-state index contributed by atoms with van der Waals surface area (Å²) in [5.74, 6) is -0.608. The zero-order valence-corrected chi connectivity index (χ0v) is 15.2. The van der Waals surface area contributed by atoms with E-state index in [9.17, 15) is 14.7 Å². The van der Waals surface area contributed by atoms with Crippen LogP contribution in [0.25, 0.3) is 0 Å². The molecule has 2 heterocycles. The third-order valence-corrected chi connectivity index (χ3v) is 6.80. The lowest BCUT2D eigenvalue weighted by molar-refractivity contribution is -0.149. The molecule has 24 heavy (non-hydrogen) atoms. The molecule has 0 radical (unpaired) electrons. The number of likely N-dealkylation sites (N-methyl/N-ethyl adjacent to an activating group) is 1. The van der Waals surface area contributed by atoms with E-state index in [0.29, 0.717) is 32.1 Å². The number of amides is 2. The summed E-state index contributed by atoms with van der Waals surface area (Å²) in [6.45, 7) is 7.17. The van der Waals surface area contributed by atoms with Gasteiger partial charge in [-0.05, 0) is 50.6 Å². The van der Waals surface area contributed by atoms with Crippen LogP contribution in [0.5, 0.6) is 0 Å². The summed E-state index contributed by atoms with van der Waals surface area (Å²) in [6, 6.07) is 0.227. The van der Waals surface area contributed by atoms with Crippen LogP contribution in [0.4, 0.5) is 4.79 Å². The van der Waals surface area contributed by atoms with Crippen molar-refractivity contribution in [2.45, 2.75) is 52.0 Å². The molecule has 0 aromatic carbocycles. The molecule has 2 saturated heterocycles. The molecule has 3 atom stereocenters. The van der Waals surface area contributed by atoms with Crippen molar-refractivity contribution in [3.05, 3.63) is 0 Å². The van der Waals surface area contributed by atoms with Gasteiger partial charge in [0.15, 0.2) is 0 Å². The van der Waals surface area contributed by atoms with Crippen LogP contribution in [-0.2, 0) is 4.79 Å². The first-order valence-corrected chi connectivity index (χ1v) is 9.23. The molecule has 2 amide bonds. The van der Waals surface area contributed by atoms with E-state index in [2.05, 4.69) is 31.1 Å². The number of nitrogens with one attached hydrogen (secondary N) is 1. The van der Waals surface area contributed by atoms with Crippen LogP contribution in [0.1, 0.15) is 46.0 Å². The van der Waals surface area contributed by atoms with Crippen LogP contribution >= 0.6 is 0 Å². The Morgan fingerprint density at radius 1 is 1.25 bits per heavy atom. The average molecular weight is 337 g/mol. The number of hydrogen-bond donors (Lipinski definition) is 2. The second-order valence-electron chi connectivity index (χ2n) is 8.71. The number of piperidine rings is 1. The summed E-state index contributed by atoms with van der Waals surface area (Å²) in [7, 11) is 2.12. The van der Waals surface area contributed by atoms with E-state index < -0.39 is 11.4 Å². The van der Waals surface area contributed by atoms with E-state index in [-0.39, 0.29) is 17.4 Å². The van der Waals surface area contributed by atoms with Gasteiger partial charge in [0.25, 0.3) is 0 Å². The van der Waals surface area contributed by atoms with Gasteiger partial charge in [-0.3, -0.25) is 4.79 Å². The summed E-state index contributed by atoms with van der Waals surface area (Å²) >= 11 is 0. The highest BCUT2D eigenvalue weighted by Crippen LogP contribution is 2.48. The minimum absolute atomic E-state index is 0.0974. The molecule has 2 aliphatic heterocycles. The zero-order valence-electron chi connectivity index (χ0n) is 15.2. The summed E-state index contributed by atoms with van der Waals surface area (Å²) in [4.78, 5) is 28.4. The predicted octanol–water partition coefficient (Wildman–Crippen LogP) is 2.00. The van der Waals surface area contributed by atoms with E-state index in [4.69, 9.17) is 0 Å². The Balaban J connectivity index is 1.59. The van der Waals surface area contributed by atoms with E-state index in [1.165, 1.54) is 12.8 Å². The number of rotatable bonds is 3. The number of fused-ring (bicyclic) bond motifs is 1. The topological polar surface area (TPSA) is 72.9 Å². The fourth-order valence-electron chi connectivity index (χ4n) is 5.22. The molecule has 1 aliphatic carbocycles. The van der Waals surface area contributed by atoms with Crippen molar-refractivity contribution in [3.8, 4) is 0 Å². The van der Waals surface area contributed by atoms with Crippen LogP contribution < -0.4 is 5.32 Å². The maximum Gasteiger partial charge on any atom is 0.317 e. The summed E-state index contributed by atoms with van der Waals surface area (Å²) in [6.07, 6.45) is 4.96. The van der Waals surface area contributed by atoms with Crippen LogP contribution in [0.15, 0.2) is 0 Å². The third-order valence-electron chi connectivity index (χ3n) is 6.80. The molecule has 3 aliphatic rings. The van der Waals surface area contributed by atoms with Crippen molar-refractivity contribution < 1.29 is 14.7 Å². The monoisotopic (exact) mass is 337 g/mol. The van der Waals surface area contributed by atoms with Gasteiger partial charge < -0.3 is 20.2 Å². The molecule has 1 unspecified atom stereocenters. The second-order valence-corrected chi connectivity index (χ2v) is 8.71. The summed E-state index contributed by atoms with van der Waals surface area (Å²) in [5, 5.41) is 12.7. The van der Waals surface area contributed by atoms with Crippen molar-refractivity contribution in [2.75, 3.05) is 33.2 Å². The van der Waals surface area contributed by atoms with Gasteiger partial charge in [-0.15, -0.1) is 0 Å². The lowest BCUT2D eigenvalue weighted by Crippen LogP contribution is -2.55. The molecule has 6 nitrogen and oxygen atoms in total. The van der Waals surface area contributed by atoms with Crippen LogP contribution in [0.2, 0.25) is 0 Å². The Bertz CT molecular complexity index is 522. The van der Waals surface area contributed by atoms with E-state index in [1.807, 2.05) is 0 Å². The molecule has 6 heteroatoms. The lowest BCUT2D eigenvalue weighted by Gasteiger charge is -2.45. The highest BCUT2D eigenvalue weighted by atomic mass is 16.4. The summed E-state index contributed by atoms with van der Waals surface area (Å²) in [5.41, 5.74) is -0.512. The van der Waals surface area contributed by atoms with Crippen molar-refractivity contribution >= 4 is 12.0 Å². The minimum Gasteiger partial charge on any atom is -0.481 e. The molecule has 0 bridgehead atoms. The standard InChI is InChI=1S/C18H31N3O3/c1-17(2)7-5-9-20(3)14(17)10-19-16(24)21-11-13-6-4-8-18(13,12-21)15(22)23/h13-14H,4-12H2,1-3H3,(H,19,24)(H,22,23)/t13-,14?,18+/m0/s1. The molecule has 0 aromatic heterocycles. The second kappa shape index (κ2) is 6.21. The fraction of sp³-hybridized carbons (Fsp3) is 0.889. The lowest BCUT2D eigenvalue weighted by atomic mass is 9.76. The first kappa shape index (κ1) is 17.5. The predicted molar refractivity (Wildman–Crippen MR) is 91.8 cm³/mol. The molecule has 3 fully saturated rings. The number of nitrogens with zero attached hydrogens (tertiary/aromatic N) is 2. The molecular weight excluding hydrogens is 306 g/mol. The van der Waals surface area contributed by atoms with Gasteiger partial charge in [0.05, 0.1) is 5.41 Å². The zero-order chi connectivity index (χ0) is 17.5. The number of aliphatic carboxylic acids is 1. The maximum absolute atomic E-state index is 12.6. The number of carboxylic acids is 1. The molecule has 3 rings (SSSR count). The Morgan fingerprint density at radius 2 is 2.00 bits per heavy atom. The fourth-order valence-corrected chi connectivity index (χ4v) is 5.22. The van der Waals surface area contributed by atoms with Gasteiger partial charge in [0.2, 0.25) is 0 Å². The molecule has 0 aromatic rings. The van der Waals surface area contributed by atoms with Gasteiger partial charge >= 0.3 is 12.0 Å². The Morgan fingerprint density at radius 3 is 2.62 bits per heavy atom. The van der Waals surface area contributed by atoms with Crippen molar-refractivity contribution in [2.24, 2.45) is 16.7 Å². The van der Waals surface area contributed by atoms with E-state index in [1.54, 1.807) is 4.90 Å². The van der Waals surface area contributed by atoms with Gasteiger partial charge in [-0.2, -0.15) is 0 Å². The molecule has 2 N–H and O–H groups in total. The maximum atomic E-state index is 12.6. The van der Waals surface area contributed by atoms with Crippen LogP contribution in [0, 0.1) is 16.7 Å². The number of carboxylic acid groups (broad SMARTS) is 1. The largest absolute Gasteiger partial charge is 0.481 e. The van der Waals surface area contributed by atoms with Crippen molar-refractivity contribution in [1.82, 2.24) is 15.1 Å². The van der Waals surface area contributed by atoms with E-state index in [0.717, 1.165) is 19.4 Å². The first-order valence-electron chi connectivity index (χ1n) is 9.23. The summed E-state index contributed by atoms with van der Waals surface area (Å²) < 4.78 is 0. The first-order chi connectivity index (χ1) is 11.3. The molecule has 1 saturated carbocycles. The quantitative estimate of drug-likeness (QED) is 0.826. The van der Waals surface area contributed by atoms with Gasteiger partial charge in [-0.1, -0.05) is 20.3 Å². The molecular formula is C18H31N3O3. The molecule has 136 valence electrons. The number of carbonyl (C=O) groups is 2. The molecule has 0 spiro atoms. The Kier molecular flexibility index (Phi) is 4.53. The number of carbonyl (C=O) groups excluding carboxylic acids is 1. The smallest absolute Gasteiger partial charge is 0.317 e. The van der Waals surface area contributed by atoms with Gasteiger partial charge in [0, 0.05) is 25.7 Å². The minimum atomic E-state index is -0.728. The highest BCUT2D eigenvalue weighted by Gasteiger charge is 2.55. The average Bonchev–Trinajstić information content (AvgIpc) is 3.03. The number of likely N-dealkylation sites (tertiary alicyclic amines) is 2. The van der Waals surface area contributed by atoms with Gasteiger partial charge in [0.1, 0.15) is 0 Å². The normalized spacial score (nSPS) is 35.7.